The summed E-state index contributed by atoms with van der Waals surface area (Å²) in [5.41, 5.74) is 8.61. The van der Waals surface area contributed by atoms with Crippen LogP contribution in [0.3, 0.4) is 0 Å². The van der Waals surface area contributed by atoms with Crippen molar-refractivity contribution in [2.75, 3.05) is 51.6 Å². The summed E-state index contributed by atoms with van der Waals surface area (Å²) in [7, 11) is 1.71. The van der Waals surface area contributed by atoms with E-state index in [-0.39, 0.29) is 22.8 Å². The fraction of sp³-hybridized carbons (Fsp3) is 0.565. The molecule has 8 heteroatoms. The monoisotopic (exact) mass is 445 g/mol. The maximum Gasteiger partial charge on any atom is 0.272 e. The van der Waals surface area contributed by atoms with E-state index >= 15 is 0 Å². The lowest BCUT2D eigenvalue weighted by atomic mass is 10.1. The molecule has 0 spiro atoms. The van der Waals surface area contributed by atoms with Crippen molar-refractivity contribution in [1.29, 1.82) is 0 Å². The van der Waals surface area contributed by atoms with Gasteiger partial charge in [0.25, 0.3) is 5.91 Å². The second kappa shape index (κ2) is 10.9. The van der Waals surface area contributed by atoms with Crippen LogP contribution >= 0.6 is 11.8 Å². The van der Waals surface area contributed by atoms with Crippen LogP contribution in [0.1, 0.15) is 32.3 Å². The van der Waals surface area contributed by atoms with Crippen molar-refractivity contribution in [3.05, 3.63) is 40.6 Å². The molecular weight excluding hydrogens is 410 g/mol. The summed E-state index contributed by atoms with van der Waals surface area (Å²) in [6.07, 6.45) is 3.71. The highest BCUT2D eigenvalue weighted by Gasteiger charge is 2.38. The van der Waals surface area contributed by atoms with Gasteiger partial charge in [0.15, 0.2) is 0 Å². The summed E-state index contributed by atoms with van der Waals surface area (Å²) in [4.78, 5) is 31.0. The Labute approximate surface area is 190 Å². The zero-order valence-electron chi connectivity index (χ0n) is 18.9. The Bertz CT molecular complexity index is 805. The standard InChI is InChI=1S/C23H35N5O2S/c1-4-26(3)22(30)20(24)23-28(5-2)21(29)19(31-23)16-25-18-10-8-17(9-11-18)12-15-27-13-6-7-14-27/h8-11,19,25H,4-7,12-16,24H2,1-3H3/b23-20+/t19-/m1/s1. The lowest BCUT2D eigenvalue weighted by Crippen LogP contribution is -2.35. The van der Waals surface area contributed by atoms with E-state index < -0.39 is 0 Å². The predicted octanol–water partition coefficient (Wildman–Crippen LogP) is 2.31. The third-order valence-electron chi connectivity index (χ3n) is 6.00. The van der Waals surface area contributed by atoms with Gasteiger partial charge < -0.3 is 25.8 Å². The molecule has 1 aromatic carbocycles. The number of nitrogens with one attached hydrogen (secondary N) is 1. The molecule has 2 saturated heterocycles. The molecule has 2 amide bonds. The van der Waals surface area contributed by atoms with E-state index in [0.717, 1.165) is 18.7 Å². The van der Waals surface area contributed by atoms with E-state index in [1.165, 1.54) is 43.3 Å². The Morgan fingerprint density at radius 1 is 1.23 bits per heavy atom. The van der Waals surface area contributed by atoms with E-state index in [0.29, 0.717) is 24.7 Å². The fourth-order valence-corrected chi connectivity index (χ4v) is 5.12. The topological polar surface area (TPSA) is 81.9 Å². The Morgan fingerprint density at radius 3 is 2.52 bits per heavy atom. The largest absolute Gasteiger partial charge is 0.392 e. The predicted molar refractivity (Wildman–Crippen MR) is 128 cm³/mol. The molecular formula is C23H35N5O2S. The number of likely N-dealkylation sites (N-methyl/N-ethyl adjacent to an activating group) is 1. The Balaban J connectivity index is 1.57. The fourth-order valence-electron chi connectivity index (χ4n) is 3.89. The Hall–Kier alpha value is -2.19. The first-order valence-electron chi connectivity index (χ1n) is 11.2. The number of hydrogen-bond acceptors (Lipinski definition) is 6. The van der Waals surface area contributed by atoms with Gasteiger partial charge in [-0.3, -0.25) is 9.59 Å². The SMILES string of the molecule is CCN(C)C(=O)/C(N)=C1\S[C@H](CNc2ccc(CCN3CCCC3)cc2)C(=O)N1CC. The van der Waals surface area contributed by atoms with Gasteiger partial charge in [0.05, 0.1) is 0 Å². The van der Waals surface area contributed by atoms with Gasteiger partial charge in [0.1, 0.15) is 16.0 Å². The summed E-state index contributed by atoms with van der Waals surface area (Å²) in [5, 5.41) is 3.64. The van der Waals surface area contributed by atoms with E-state index in [1.807, 2.05) is 13.8 Å². The van der Waals surface area contributed by atoms with Crippen LogP contribution in [0, 0.1) is 0 Å². The highest BCUT2D eigenvalue weighted by molar-refractivity contribution is 8.04. The van der Waals surface area contributed by atoms with Gasteiger partial charge in [-0.05, 0) is 63.9 Å². The average molecular weight is 446 g/mol. The van der Waals surface area contributed by atoms with Crippen LogP contribution in [0.4, 0.5) is 5.69 Å². The van der Waals surface area contributed by atoms with Crippen LogP contribution in [0.2, 0.25) is 0 Å². The first-order chi connectivity index (χ1) is 14.9. The van der Waals surface area contributed by atoms with Gasteiger partial charge in [-0.2, -0.15) is 0 Å². The molecule has 1 atom stereocenters. The lowest BCUT2D eigenvalue weighted by Gasteiger charge is -2.19. The number of anilines is 1. The summed E-state index contributed by atoms with van der Waals surface area (Å²) < 4.78 is 0. The number of carbonyl (C=O) groups excluding carboxylic acids is 2. The second-order valence-electron chi connectivity index (χ2n) is 8.10. The molecule has 7 nitrogen and oxygen atoms in total. The van der Waals surface area contributed by atoms with Crippen LogP contribution in [0.15, 0.2) is 35.0 Å². The second-order valence-corrected chi connectivity index (χ2v) is 9.30. The molecule has 3 rings (SSSR count). The maximum atomic E-state index is 12.8. The van der Waals surface area contributed by atoms with Crippen molar-refractivity contribution >= 4 is 29.3 Å². The smallest absolute Gasteiger partial charge is 0.272 e. The first kappa shape index (κ1) is 23.5. The molecule has 2 heterocycles. The zero-order chi connectivity index (χ0) is 22.4. The van der Waals surface area contributed by atoms with Crippen LogP contribution in [-0.2, 0) is 16.0 Å². The summed E-state index contributed by atoms with van der Waals surface area (Å²) in [5.74, 6) is -0.249. The lowest BCUT2D eigenvalue weighted by molar-refractivity contribution is -0.127. The molecule has 0 unspecified atom stereocenters. The molecule has 0 aliphatic carbocycles. The van der Waals surface area contributed by atoms with Crippen molar-refractivity contribution in [3.8, 4) is 0 Å². The Morgan fingerprint density at radius 2 is 1.90 bits per heavy atom. The van der Waals surface area contributed by atoms with Gasteiger partial charge in [-0.15, -0.1) is 0 Å². The van der Waals surface area contributed by atoms with Crippen LogP contribution in [0.25, 0.3) is 0 Å². The highest BCUT2D eigenvalue weighted by Crippen LogP contribution is 2.36. The molecule has 170 valence electrons. The number of likely N-dealkylation sites (tertiary alicyclic amines) is 1. The number of rotatable bonds is 9. The molecule has 0 radical (unpaired) electrons. The number of nitrogens with two attached hydrogens (primary N) is 1. The van der Waals surface area contributed by atoms with E-state index in [4.69, 9.17) is 5.73 Å². The molecule has 2 aliphatic rings. The molecule has 0 aromatic heterocycles. The molecule has 0 bridgehead atoms. The number of nitrogens with zero attached hydrogens (tertiary/aromatic N) is 3. The molecule has 1 aromatic rings. The number of carbonyl (C=O) groups is 2. The maximum absolute atomic E-state index is 12.8. The third kappa shape index (κ3) is 5.74. The van der Waals surface area contributed by atoms with Crippen molar-refractivity contribution in [3.63, 3.8) is 0 Å². The van der Waals surface area contributed by atoms with Crippen LogP contribution in [0.5, 0.6) is 0 Å². The molecule has 2 fully saturated rings. The van der Waals surface area contributed by atoms with Crippen LogP contribution < -0.4 is 11.1 Å². The molecule has 31 heavy (non-hydrogen) atoms. The summed E-state index contributed by atoms with van der Waals surface area (Å²) in [6.45, 7) is 8.91. The van der Waals surface area contributed by atoms with Crippen molar-refractivity contribution in [2.45, 2.75) is 38.4 Å². The number of benzene rings is 1. The third-order valence-corrected chi connectivity index (χ3v) is 7.32. The van der Waals surface area contributed by atoms with E-state index in [2.05, 4.69) is 34.5 Å². The van der Waals surface area contributed by atoms with Gasteiger partial charge >= 0.3 is 0 Å². The summed E-state index contributed by atoms with van der Waals surface area (Å²) in [6, 6.07) is 8.46. The normalized spacial score (nSPS) is 20.9. The van der Waals surface area contributed by atoms with Gasteiger partial charge in [-0.25, -0.2) is 0 Å². The summed E-state index contributed by atoms with van der Waals surface area (Å²) >= 11 is 1.38. The quantitative estimate of drug-likeness (QED) is 0.568. The van der Waals surface area contributed by atoms with Gasteiger partial charge in [-0.1, -0.05) is 23.9 Å². The molecule has 2 aliphatic heterocycles. The average Bonchev–Trinajstić information content (AvgIpc) is 3.43. The minimum atomic E-state index is -0.303. The molecule has 0 saturated carbocycles. The molecule has 3 N–H and O–H groups in total. The van der Waals surface area contributed by atoms with E-state index in [1.54, 1.807) is 16.8 Å². The van der Waals surface area contributed by atoms with Crippen molar-refractivity contribution < 1.29 is 9.59 Å². The highest BCUT2D eigenvalue weighted by atomic mass is 32.2. The van der Waals surface area contributed by atoms with Crippen LogP contribution in [-0.4, -0.2) is 78.1 Å². The minimum Gasteiger partial charge on any atom is -0.392 e. The number of hydrogen-bond donors (Lipinski definition) is 2. The number of thioether (sulfide) groups is 1. The first-order valence-corrected chi connectivity index (χ1v) is 12.1. The van der Waals surface area contributed by atoms with Crippen molar-refractivity contribution in [2.24, 2.45) is 5.73 Å². The minimum absolute atomic E-state index is 0.00728. The van der Waals surface area contributed by atoms with Gasteiger partial charge in [0, 0.05) is 38.9 Å². The van der Waals surface area contributed by atoms with Crippen molar-refractivity contribution in [1.82, 2.24) is 14.7 Å². The number of amides is 2. The van der Waals surface area contributed by atoms with Gasteiger partial charge in [0.2, 0.25) is 5.91 Å². The zero-order valence-corrected chi connectivity index (χ0v) is 19.7. The Kier molecular flexibility index (Phi) is 8.26. The van der Waals surface area contributed by atoms with E-state index in [9.17, 15) is 9.59 Å².